The van der Waals surface area contributed by atoms with Gasteiger partial charge in [0.2, 0.25) is 0 Å². The summed E-state index contributed by atoms with van der Waals surface area (Å²) in [7, 11) is 0.779. The number of hydrogen-bond donors (Lipinski definition) is 0. The zero-order valence-electron chi connectivity index (χ0n) is 4.99. The molecule has 0 radical (unpaired) electrons. The van der Waals surface area contributed by atoms with Crippen LogP contribution in [0.2, 0.25) is 0 Å². The highest BCUT2D eigenvalue weighted by atomic mass is 35.5. The van der Waals surface area contributed by atoms with E-state index in [1.165, 1.54) is 5.75 Å². The Balaban J connectivity index is 0.000000360. The second-order valence-electron chi connectivity index (χ2n) is 2.54. The minimum atomic E-state index is 0. The molecule has 0 N–H and O–H groups in total. The molecule has 0 amide bonds. The third-order valence-corrected chi connectivity index (χ3v) is 4.26. The molecule has 1 aliphatic heterocycles. The summed E-state index contributed by atoms with van der Waals surface area (Å²) in [4.78, 5) is 0. The molecule has 1 saturated heterocycles. The molecule has 0 aromatic carbocycles. The molecule has 0 spiro atoms. The Morgan fingerprint density at radius 3 is 1.57 bits per heavy atom. The second-order valence-corrected chi connectivity index (χ2v) is 5.21. The molecule has 0 aromatic heterocycles. The summed E-state index contributed by atoms with van der Waals surface area (Å²) in [6.07, 6.45) is 2.33. The van der Waals surface area contributed by atoms with Crippen molar-refractivity contribution in [3.8, 4) is 0 Å². The van der Waals surface area contributed by atoms with Crippen molar-refractivity contribution in [3.63, 3.8) is 0 Å². The lowest BCUT2D eigenvalue weighted by Gasteiger charge is -1.79. The quantitative estimate of drug-likeness (QED) is 0.269. The summed E-state index contributed by atoms with van der Waals surface area (Å²) >= 11 is 0. The monoisotopic (exact) mass is 138 g/mol. The van der Waals surface area contributed by atoms with Crippen LogP contribution in [-0.4, -0.2) is 16.8 Å². The number of hydrogen-bond acceptors (Lipinski definition) is 0. The van der Waals surface area contributed by atoms with Crippen molar-refractivity contribution < 1.29 is 12.4 Å². The Morgan fingerprint density at radius 2 is 1.57 bits per heavy atom. The second kappa shape index (κ2) is 1.87. The van der Waals surface area contributed by atoms with Gasteiger partial charge in [0.25, 0.3) is 0 Å². The lowest BCUT2D eigenvalue weighted by Crippen LogP contribution is -3.00. The minimum Gasteiger partial charge on any atom is -1.00 e. The molecule has 1 heterocycles. The SMILES string of the molecule is C[S+]1CC1(C)C.[Cl-]. The van der Waals surface area contributed by atoms with E-state index in [2.05, 4.69) is 20.1 Å². The smallest absolute Gasteiger partial charge is 0.166 e. The molecular formula is C5H11ClS. The van der Waals surface area contributed by atoms with Crippen molar-refractivity contribution in [2.45, 2.75) is 18.6 Å². The summed E-state index contributed by atoms with van der Waals surface area (Å²) in [6.45, 7) is 4.66. The summed E-state index contributed by atoms with van der Waals surface area (Å²) in [6, 6.07) is 0. The summed E-state index contributed by atoms with van der Waals surface area (Å²) < 4.78 is 0.736. The Labute approximate surface area is 54.4 Å². The lowest BCUT2D eigenvalue weighted by molar-refractivity contribution is -0.00000156. The maximum atomic E-state index is 2.33. The van der Waals surface area contributed by atoms with Gasteiger partial charge in [-0.2, -0.15) is 0 Å². The van der Waals surface area contributed by atoms with Crippen LogP contribution < -0.4 is 12.4 Å². The van der Waals surface area contributed by atoms with Gasteiger partial charge < -0.3 is 12.4 Å². The minimum absolute atomic E-state index is 0. The van der Waals surface area contributed by atoms with E-state index in [0.717, 1.165) is 15.6 Å². The fourth-order valence-electron chi connectivity index (χ4n) is 0.492. The molecule has 0 nitrogen and oxygen atoms in total. The summed E-state index contributed by atoms with van der Waals surface area (Å²) in [5, 5.41) is 0. The van der Waals surface area contributed by atoms with E-state index >= 15 is 0 Å². The van der Waals surface area contributed by atoms with Crippen molar-refractivity contribution in [2.75, 3.05) is 12.0 Å². The number of halogens is 1. The normalized spacial score (nSPS) is 33.9. The maximum absolute atomic E-state index is 2.33. The van der Waals surface area contributed by atoms with Crippen molar-refractivity contribution in [1.82, 2.24) is 0 Å². The molecule has 0 bridgehead atoms. The Hall–Kier alpha value is 0.640. The van der Waals surface area contributed by atoms with Crippen LogP contribution in [0.5, 0.6) is 0 Å². The van der Waals surface area contributed by atoms with Crippen LogP contribution in [0.25, 0.3) is 0 Å². The van der Waals surface area contributed by atoms with Crippen molar-refractivity contribution in [3.05, 3.63) is 0 Å². The molecule has 1 fully saturated rings. The van der Waals surface area contributed by atoms with Gasteiger partial charge in [0.15, 0.2) is 10.5 Å². The Morgan fingerprint density at radius 1 is 1.43 bits per heavy atom. The van der Waals surface area contributed by atoms with Crippen LogP contribution in [0.1, 0.15) is 13.8 Å². The molecule has 7 heavy (non-hydrogen) atoms. The van der Waals surface area contributed by atoms with Gasteiger partial charge in [-0.05, 0) is 13.8 Å². The molecule has 0 saturated carbocycles. The fourth-order valence-corrected chi connectivity index (χ4v) is 1.83. The predicted octanol–water partition coefficient (Wildman–Crippen LogP) is -1.97. The average Bonchev–Trinajstić information content (AvgIpc) is 1.73. The molecule has 2 heteroatoms. The summed E-state index contributed by atoms with van der Waals surface area (Å²) in [5.74, 6) is 1.47. The van der Waals surface area contributed by atoms with Crippen LogP contribution in [0.3, 0.4) is 0 Å². The first-order chi connectivity index (χ1) is 2.63. The molecule has 1 atom stereocenters. The van der Waals surface area contributed by atoms with Gasteiger partial charge in [-0.15, -0.1) is 0 Å². The van der Waals surface area contributed by atoms with Gasteiger partial charge in [-0.3, -0.25) is 0 Å². The molecule has 0 aromatic rings. The highest BCUT2D eigenvalue weighted by molar-refractivity contribution is 8.04. The molecule has 1 unspecified atom stereocenters. The largest absolute Gasteiger partial charge is 1.00 e. The fraction of sp³-hybridized carbons (Fsp3) is 1.00. The van der Waals surface area contributed by atoms with Crippen LogP contribution >= 0.6 is 0 Å². The van der Waals surface area contributed by atoms with E-state index in [4.69, 9.17) is 0 Å². The van der Waals surface area contributed by atoms with Crippen LogP contribution in [0, 0.1) is 0 Å². The standard InChI is InChI=1S/C5H11S.ClH/c1-5(2)4-6(5)3;/h4H2,1-3H3;1H/q+1;/p-1. The van der Waals surface area contributed by atoms with E-state index in [9.17, 15) is 0 Å². The zero-order valence-corrected chi connectivity index (χ0v) is 6.57. The Kier molecular flexibility index (Phi) is 2.04. The molecular weight excluding hydrogens is 128 g/mol. The van der Waals surface area contributed by atoms with Gasteiger partial charge in [0.1, 0.15) is 0 Å². The molecule has 1 aliphatic rings. The number of rotatable bonds is 0. The highest BCUT2D eigenvalue weighted by Gasteiger charge is 2.54. The van der Waals surface area contributed by atoms with E-state index < -0.39 is 0 Å². The van der Waals surface area contributed by atoms with Crippen molar-refractivity contribution in [2.24, 2.45) is 0 Å². The first kappa shape index (κ1) is 7.64. The summed E-state index contributed by atoms with van der Waals surface area (Å²) in [5.41, 5.74) is 0. The third-order valence-electron chi connectivity index (χ3n) is 1.42. The third kappa shape index (κ3) is 1.54. The van der Waals surface area contributed by atoms with Gasteiger partial charge in [-0.25, -0.2) is 0 Å². The first-order valence-electron chi connectivity index (χ1n) is 2.25. The van der Waals surface area contributed by atoms with Crippen molar-refractivity contribution in [1.29, 1.82) is 0 Å². The van der Waals surface area contributed by atoms with Crippen LogP contribution in [0.4, 0.5) is 0 Å². The van der Waals surface area contributed by atoms with E-state index in [1.807, 2.05) is 0 Å². The van der Waals surface area contributed by atoms with Gasteiger partial charge in [0, 0.05) is 10.9 Å². The molecule has 44 valence electrons. The van der Waals surface area contributed by atoms with Gasteiger partial charge in [0.05, 0.1) is 6.26 Å². The lowest BCUT2D eigenvalue weighted by atomic mass is 10.3. The van der Waals surface area contributed by atoms with Crippen LogP contribution in [-0.2, 0) is 10.9 Å². The highest BCUT2D eigenvalue weighted by Crippen LogP contribution is 2.34. The van der Waals surface area contributed by atoms with E-state index in [-0.39, 0.29) is 12.4 Å². The molecule has 0 aliphatic carbocycles. The van der Waals surface area contributed by atoms with Gasteiger partial charge in [-0.1, -0.05) is 0 Å². The van der Waals surface area contributed by atoms with Gasteiger partial charge >= 0.3 is 0 Å². The van der Waals surface area contributed by atoms with Crippen molar-refractivity contribution >= 4 is 10.9 Å². The zero-order chi connectivity index (χ0) is 4.78. The topological polar surface area (TPSA) is 0 Å². The van der Waals surface area contributed by atoms with Crippen LogP contribution in [0.15, 0.2) is 0 Å². The van der Waals surface area contributed by atoms with E-state index in [0.29, 0.717) is 0 Å². The predicted molar refractivity (Wildman–Crippen MR) is 32.2 cm³/mol. The maximum Gasteiger partial charge on any atom is 0.166 e. The Bertz CT molecular complexity index is 70.5. The molecule has 1 rings (SSSR count). The van der Waals surface area contributed by atoms with E-state index in [1.54, 1.807) is 0 Å². The first-order valence-corrected chi connectivity index (χ1v) is 4.06. The average molecular weight is 139 g/mol.